The highest BCUT2D eigenvalue weighted by molar-refractivity contribution is 9.10. The number of benzene rings is 2. The number of amides is 1. The van der Waals surface area contributed by atoms with E-state index in [4.69, 9.17) is 0 Å². The minimum Gasteiger partial charge on any atom is -0.507 e. The Labute approximate surface area is 207 Å². The zero-order valence-electron chi connectivity index (χ0n) is 19.4. The van der Waals surface area contributed by atoms with Crippen LogP contribution in [-0.2, 0) is 9.59 Å². The van der Waals surface area contributed by atoms with Gasteiger partial charge in [-0.1, -0.05) is 46.3 Å². The zero-order valence-corrected chi connectivity index (χ0v) is 21.0. The van der Waals surface area contributed by atoms with Crippen LogP contribution in [0.4, 0.5) is 0 Å². The number of hydrogen-bond donors (Lipinski definition) is 1. The fourth-order valence-corrected chi connectivity index (χ4v) is 4.72. The number of rotatable bonds is 7. The Morgan fingerprint density at radius 3 is 2.53 bits per heavy atom. The Bertz CT molecular complexity index is 1250. The van der Waals surface area contributed by atoms with Crippen LogP contribution in [0.1, 0.15) is 29.3 Å². The molecule has 0 aliphatic carbocycles. The van der Waals surface area contributed by atoms with Crippen LogP contribution in [0.15, 0.2) is 70.8 Å². The van der Waals surface area contributed by atoms with Gasteiger partial charge >= 0.3 is 0 Å². The minimum absolute atomic E-state index is 0.0867. The van der Waals surface area contributed by atoms with E-state index in [1.165, 1.54) is 6.20 Å². The van der Waals surface area contributed by atoms with Crippen molar-refractivity contribution in [3.8, 4) is 5.69 Å². The number of halogens is 1. The number of aromatic nitrogens is 2. The first-order chi connectivity index (χ1) is 16.3. The molecule has 1 aliphatic rings. The van der Waals surface area contributed by atoms with Crippen molar-refractivity contribution in [2.75, 3.05) is 27.2 Å². The van der Waals surface area contributed by atoms with Crippen LogP contribution >= 0.6 is 15.9 Å². The fraction of sp³-hybridized carbons (Fsp3) is 0.269. The highest BCUT2D eigenvalue weighted by Crippen LogP contribution is 2.40. The number of nitrogens with zero attached hydrogens (tertiary/aromatic N) is 4. The molecule has 8 heteroatoms. The number of aliphatic hydroxyl groups excluding tert-OH is 1. The van der Waals surface area contributed by atoms with Crippen LogP contribution in [-0.4, -0.2) is 63.6 Å². The van der Waals surface area contributed by atoms with Crippen LogP contribution in [0, 0.1) is 6.92 Å². The van der Waals surface area contributed by atoms with Gasteiger partial charge in [-0.25, -0.2) is 4.68 Å². The highest BCUT2D eigenvalue weighted by atomic mass is 79.9. The summed E-state index contributed by atoms with van der Waals surface area (Å²) in [5.74, 6) is -1.49. The second-order valence-electron chi connectivity index (χ2n) is 8.60. The number of carbonyl (C=O) groups excluding carboxylic acids is 2. The largest absolute Gasteiger partial charge is 0.507 e. The molecule has 7 nitrogen and oxygen atoms in total. The van der Waals surface area contributed by atoms with Gasteiger partial charge in [0.2, 0.25) is 0 Å². The topological polar surface area (TPSA) is 78.7 Å². The van der Waals surface area contributed by atoms with Gasteiger partial charge in [0.25, 0.3) is 11.7 Å². The SMILES string of the molecule is Cc1c(/C(O)=C2\C(=O)C(=O)N(CCCN(C)C)[C@H]2c2cccc(Br)c2)cnn1-c1ccccc1. The summed E-state index contributed by atoms with van der Waals surface area (Å²) < 4.78 is 2.54. The number of carbonyl (C=O) groups is 2. The predicted octanol–water partition coefficient (Wildman–Crippen LogP) is 4.32. The molecule has 1 atom stereocenters. The van der Waals surface area contributed by atoms with Crippen LogP contribution < -0.4 is 0 Å². The van der Waals surface area contributed by atoms with Gasteiger partial charge in [0, 0.05) is 11.0 Å². The molecular weight excluding hydrogens is 496 g/mol. The number of ketones is 1. The third-order valence-electron chi connectivity index (χ3n) is 5.97. The molecule has 34 heavy (non-hydrogen) atoms. The summed E-state index contributed by atoms with van der Waals surface area (Å²) in [6.07, 6.45) is 2.24. The lowest BCUT2D eigenvalue weighted by Crippen LogP contribution is -2.32. The van der Waals surface area contributed by atoms with Crippen molar-refractivity contribution >= 4 is 33.4 Å². The maximum atomic E-state index is 13.2. The van der Waals surface area contributed by atoms with Gasteiger partial charge in [-0.2, -0.15) is 5.10 Å². The molecule has 0 saturated carbocycles. The summed E-state index contributed by atoms with van der Waals surface area (Å²) in [6.45, 7) is 3.01. The van der Waals surface area contributed by atoms with Crippen LogP contribution in [0.25, 0.3) is 11.4 Å². The summed E-state index contributed by atoms with van der Waals surface area (Å²) in [5.41, 5.74) is 2.79. The molecule has 1 fully saturated rings. The molecule has 1 aliphatic heterocycles. The monoisotopic (exact) mass is 522 g/mol. The molecule has 1 saturated heterocycles. The predicted molar refractivity (Wildman–Crippen MR) is 135 cm³/mol. The van der Waals surface area contributed by atoms with E-state index < -0.39 is 17.7 Å². The number of likely N-dealkylation sites (tertiary alicyclic amines) is 1. The minimum atomic E-state index is -0.681. The second kappa shape index (κ2) is 9.95. The van der Waals surface area contributed by atoms with Crippen molar-refractivity contribution in [3.63, 3.8) is 0 Å². The van der Waals surface area contributed by atoms with E-state index in [-0.39, 0.29) is 11.3 Å². The smallest absolute Gasteiger partial charge is 0.295 e. The van der Waals surface area contributed by atoms with Crippen LogP contribution in [0.3, 0.4) is 0 Å². The highest BCUT2D eigenvalue weighted by Gasteiger charge is 2.46. The standard InChI is InChI=1S/C26H27BrN4O3/c1-17-21(16-28-31(17)20-11-5-4-6-12-20)24(32)22-23(18-9-7-10-19(27)15-18)30(26(34)25(22)33)14-8-13-29(2)3/h4-7,9-12,15-16,23,32H,8,13-14H2,1-3H3/b24-22+/t23-/m0/s1. The molecule has 0 radical (unpaired) electrons. The van der Waals surface area contributed by atoms with Gasteiger partial charge in [-0.15, -0.1) is 0 Å². The van der Waals surface area contributed by atoms with E-state index in [1.807, 2.05) is 80.5 Å². The molecule has 1 N–H and O–H groups in total. The van der Waals surface area contributed by atoms with Crippen LogP contribution in [0.2, 0.25) is 0 Å². The molecule has 0 spiro atoms. The maximum Gasteiger partial charge on any atom is 0.295 e. The van der Waals surface area contributed by atoms with Gasteiger partial charge in [-0.05, 0) is 63.8 Å². The summed E-state index contributed by atoms with van der Waals surface area (Å²) >= 11 is 3.49. The van der Waals surface area contributed by atoms with Crippen molar-refractivity contribution in [2.24, 2.45) is 0 Å². The Kier molecular flexibility index (Phi) is 7.00. The quantitative estimate of drug-likeness (QED) is 0.284. The van der Waals surface area contributed by atoms with Crippen molar-refractivity contribution in [3.05, 3.63) is 87.7 Å². The molecule has 4 rings (SSSR count). The molecule has 2 aromatic carbocycles. The molecule has 1 amide bonds. The number of Topliss-reactive ketones (excluding diaryl/α,β-unsaturated/α-hetero) is 1. The lowest BCUT2D eigenvalue weighted by molar-refractivity contribution is -0.139. The third-order valence-corrected chi connectivity index (χ3v) is 6.47. The lowest BCUT2D eigenvalue weighted by atomic mass is 9.95. The molecule has 1 aromatic heterocycles. The van der Waals surface area contributed by atoms with Crippen molar-refractivity contribution in [1.29, 1.82) is 0 Å². The van der Waals surface area contributed by atoms with E-state index in [1.54, 1.807) is 9.58 Å². The van der Waals surface area contributed by atoms with Gasteiger partial charge < -0.3 is 14.9 Å². The average Bonchev–Trinajstić information content (AvgIpc) is 3.32. The van der Waals surface area contributed by atoms with Crippen molar-refractivity contribution < 1.29 is 14.7 Å². The number of hydrogen-bond acceptors (Lipinski definition) is 5. The Morgan fingerprint density at radius 2 is 1.85 bits per heavy atom. The fourth-order valence-electron chi connectivity index (χ4n) is 4.31. The van der Waals surface area contributed by atoms with E-state index in [2.05, 4.69) is 21.0 Å². The summed E-state index contributed by atoms with van der Waals surface area (Å²) in [4.78, 5) is 29.9. The zero-order chi connectivity index (χ0) is 24.4. The third kappa shape index (κ3) is 4.56. The first kappa shape index (κ1) is 23.9. The summed E-state index contributed by atoms with van der Waals surface area (Å²) in [7, 11) is 3.93. The van der Waals surface area contributed by atoms with Gasteiger partial charge in [0.15, 0.2) is 0 Å². The Hall–Kier alpha value is -3.23. The Balaban J connectivity index is 1.81. The summed E-state index contributed by atoms with van der Waals surface area (Å²) in [5, 5.41) is 15.8. The Morgan fingerprint density at radius 1 is 1.12 bits per heavy atom. The van der Waals surface area contributed by atoms with E-state index in [9.17, 15) is 14.7 Å². The normalized spacial score (nSPS) is 17.7. The molecule has 176 valence electrons. The van der Waals surface area contributed by atoms with Gasteiger partial charge in [-0.3, -0.25) is 9.59 Å². The molecule has 0 bridgehead atoms. The lowest BCUT2D eigenvalue weighted by Gasteiger charge is -2.26. The average molecular weight is 523 g/mol. The van der Waals surface area contributed by atoms with E-state index in [0.29, 0.717) is 24.2 Å². The first-order valence-electron chi connectivity index (χ1n) is 11.1. The summed E-state index contributed by atoms with van der Waals surface area (Å²) in [6, 6.07) is 16.4. The number of aliphatic hydroxyl groups is 1. The van der Waals surface area contributed by atoms with Gasteiger partial charge in [0.05, 0.1) is 34.8 Å². The van der Waals surface area contributed by atoms with Crippen molar-refractivity contribution in [2.45, 2.75) is 19.4 Å². The number of para-hydroxylation sites is 1. The first-order valence-corrected chi connectivity index (χ1v) is 11.9. The molecule has 0 unspecified atom stereocenters. The second-order valence-corrected chi connectivity index (χ2v) is 9.51. The van der Waals surface area contributed by atoms with E-state index >= 15 is 0 Å². The van der Waals surface area contributed by atoms with Crippen LogP contribution in [0.5, 0.6) is 0 Å². The van der Waals surface area contributed by atoms with Gasteiger partial charge in [0.1, 0.15) is 5.76 Å². The molecule has 2 heterocycles. The molecule has 3 aromatic rings. The van der Waals surface area contributed by atoms with E-state index in [0.717, 1.165) is 22.3 Å². The van der Waals surface area contributed by atoms with Crippen molar-refractivity contribution in [1.82, 2.24) is 19.6 Å². The molecular formula is C26H27BrN4O3. The maximum absolute atomic E-state index is 13.2.